The van der Waals surface area contributed by atoms with Crippen LogP contribution in [0.2, 0.25) is 5.02 Å². The summed E-state index contributed by atoms with van der Waals surface area (Å²) in [6, 6.07) is 14.3. The van der Waals surface area contributed by atoms with Gasteiger partial charge < -0.3 is 19.4 Å². The van der Waals surface area contributed by atoms with Crippen molar-refractivity contribution in [2.75, 3.05) is 13.6 Å². The van der Waals surface area contributed by atoms with Crippen LogP contribution in [-0.2, 0) is 31.4 Å². The van der Waals surface area contributed by atoms with E-state index in [0.29, 0.717) is 52.8 Å². The third-order valence-electron chi connectivity index (χ3n) is 5.66. The van der Waals surface area contributed by atoms with Crippen LogP contribution in [0.5, 0.6) is 0 Å². The Morgan fingerprint density at radius 3 is 2.74 bits per heavy atom. The monoisotopic (exact) mass is 494 g/mol. The smallest absolute Gasteiger partial charge is 0.224 e. The quantitative estimate of drug-likeness (QED) is 0.370. The second-order valence-electron chi connectivity index (χ2n) is 8.57. The van der Waals surface area contributed by atoms with E-state index in [0.717, 1.165) is 5.56 Å². The molecule has 3 aromatic heterocycles. The maximum Gasteiger partial charge on any atom is 0.224 e. The van der Waals surface area contributed by atoms with E-state index in [-0.39, 0.29) is 17.8 Å². The van der Waals surface area contributed by atoms with E-state index in [9.17, 15) is 14.7 Å². The molecule has 1 atom stereocenters. The molecule has 0 spiro atoms. The van der Waals surface area contributed by atoms with Gasteiger partial charge in [-0.05, 0) is 42.9 Å². The van der Waals surface area contributed by atoms with Crippen LogP contribution < -0.4 is 10.7 Å². The summed E-state index contributed by atoms with van der Waals surface area (Å²) in [7, 11) is 3.63. The van der Waals surface area contributed by atoms with E-state index in [4.69, 9.17) is 16.0 Å². The number of hydrogen-bond acceptors (Lipinski definition) is 6. The summed E-state index contributed by atoms with van der Waals surface area (Å²) in [6.45, 7) is 1.10. The fourth-order valence-electron chi connectivity index (χ4n) is 3.91. The topological polar surface area (TPSA) is 101 Å². The van der Waals surface area contributed by atoms with Crippen molar-refractivity contribution in [3.8, 4) is 0 Å². The van der Waals surface area contributed by atoms with Crippen LogP contribution >= 0.6 is 11.6 Å². The van der Waals surface area contributed by atoms with Crippen LogP contribution in [0.25, 0.3) is 11.1 Å². The van der Waals surface area contributed by atoms with Crippen LogP contribution in [0.3, 0.4) is 0 Å². The molecule has 35 heavy (non-hydrogen) atoms. The van der Waals surface area contributed by atoms with Crippen LogP contribution in [0.4, 0.5) is 0 Å². The van der Waals surface area contributed by atoms with Crippen molar-refractivity contribution in [2.45, 2.75) is 25.6 Å². The van der Waals surface area contributed by atoms with E-state index in [1.54, 1.807) is 54.3 Å². The Hall–Kier alpha value is -3.46. The molecule has 8 nitrogen and oxygen atoms in total. The number of benzene rings is 1. The van der Waals surface area contributed by atoms with E-state index in [2.05, 4.69) is 10.3 Å². The summed E-state index contributed by atoms with van der Waals surface area (Å²) in [6.07, 6.45) is 2.50. The molecule has 4 aromatic rings. The zero-order valence-electron chi connectivity index (χ0n) is 19.6. The van der Waals surface area contributed by atoms with Crippen LogP contribution in [0, 0.1) is 0 Å². The number of pyridine rings is 2. The molecule has 0 saturated heterocycles. The average molecular weight is 495 g/mol. The Kier molecular flexibility index (Phi) is 7.65. The summed E-state index contributed by atoms with van der Waals surface area (Å²) in [5, 5.41) is 14.3. The van der Waals surface area contributed by atoms with Crippen molar-refractivity contribution in [1.82, 2.24) is 19.8 Å². The molecule has 4 rings (SSSR count). The zero-order chi connectivity index (χ0) is 24.9. The van der Waals surface area contributed by atoms with Crippen molar-refractivity contribution in [1.29, 1.82) is 0 Å². The van der Waals surface area contributed by atoms with Gasteiger partial charge in [0.05, 0.1) is 24.0 Å². The molecule has 0 aliphatic carbocycles. The molecule has 0 bridgehead atoms. The number of amides is 1. The second-order valence-corrected chi connectivity index (χ2v) is 9.01. The highest BCUT2D eigenvalue weighted by Gasteiger charge is 2.18. The Morgan fingerprint density at radius 1 is 1.26 bits per heavy atom. The molecule has 0 fully saturated rings. The highest BCUT2D eigenvalue weighted by atomic mass is 35.5. The molecule has 0 aliphatic heterocycles. The van der Waals surface area contributed by atoms with Gasteiger partial charge in [0, 0.05) is 43.1 Å². The van der Waals surface area contributed by atoms with E-state index >= 15 is 0 Å². The number of aliphatic hydroxyl groups excluding tert-OH is 1. The van der Waals surface area contributed by atoms with Crippen LogP contribution in [-0.4, -0.2) is 39.1 Å². The van der Waals surface area contributed by atoms with Gasteiger partial charge in [0.15, 0.2) is 5.43 Å². The lowest BCUT2D eigenvalue weighted by atomic mass is 10.1. The first-order valence-corrected chi connectivity index (χ1v) is 11.6. The lowest BCUT2D eigenvalue weighted by Gasteiger charge is -2.19. The molecule has 9 heteroatoms. The van der Waals surface area contributed by atoms with Gasteiger partial charge in [0.2, 0.25) is 11.6 Å². The van der Waals surface area contributed by atoms with Gasteiger partial charge in [-0.25, -0.2) is 0 Å². The first-order valence-electron chi connectivity index (χ1n) is 11.2. The molecule has 0 saturated carbocycles. The number of aromatic nitrogens is 2. The molecule has 1 unspecified atom stereocenters. The molecular weight excluding hydrogens is 468 g/mol. The summed E-state index contributed by atoms with van der Waals surface area (Å²) < 4.78 is 7.64. The molecule has 1 amide bonds. The fourth-order valence-corrected chi connectivity index (χ4v) is 4.04. The zero-order valence-corrected chi connectivity index (χ0v) is 20.3. The van der Waals surface area contributed by atoms with Gasteiger partial charge in [-0.3, -0.25) is 19.5 Å². The number of hydrogen-bond donors (Lipinski definition) is 2. The van der Waals surface area contributed by atoms with Crippen LogP contribution in [0.1, 0.15) is 28.7 Å². The maximum absolute atomic E-state index is 13.1. The minimum Gasteiger partial charge on any atom is -0.443 e. The van der Waals surface area contributed by atoms with Crippen molar-refractivity contribution in [3.05, 3.63) is 98.8 Å². The molecule has 182 valence electrons. The number of carbonyl (C=O) groups is 1. The van der Waals surface area contributed by atoms with Crippen molar-refractivity contribution in [2.24, 2.45) is 7.05 Å². The normalized spacial score (nSPS) is 12.3. The third-order valence-corrected chi connectivity index (χ3v) is 5.92. The minimum absolute atomic E-state index is 0.0348. The number of carbonyl (C=O) groups excluding carboxylic acids is 1. The lowest BCUT2D eigenvalue weighted by Crippen LogP contribution is -2.27. The van der Waals surface area contributed by atoms with Crippen molar-refractivity contribution >= 4 is 28.6 Å². The first-order chi connectivity index (χ1) is 16.8. The Balaban J connectivity index is 1.43. The fraction of sp³-hybridized carbons (Fsp3) is 0.269. The van der Waals surface area contributed by atoms with Gasteiger partial charge in [-0.15, -0.1) is 0 Å². The predicted octanol–water partition coefficient (Wildman–Crippen LogP) is 3.20. The number of nitrogens with one attached hydrogen (secondary N) is 1. The number of halogens is 1. The second kappa shape index (κ2) is 10.9. The number of aliphatic hydroxyl groups is 1. The average Bonchev–Trinajstić information content (AvgIpc) is 3.27. The Labute approximate surface area is 207 Å². The SMILES string of the molecule is CN(Cc1cc2c(=O)c(CC(=O)NCc3ccc(Cl)cc3)cn(C)c2o1)CC(O)c1ccccn1. The van der Waals surface area contributed by atoms with Gasteiger partial charge in [0.1, 0.15) is 11.9 Å². The van der Waals surface area contributed by atoms with Gasteiger partial charge >= 0.3 is 0 Å². The molecule has 3 heterocycles. The summed E-state index contributed by atoms with van der Waals surface area (Å²) in [4.78, 5) is 31.6. The number of likely N-dealkylation sites (N-methyl/N-ethyl adjacent to an activating group) is 1. The molecule has 1 aromatic carbocycles. The predicted molar refractivity (Wildman–Crippen MR) is 134 cm³/mol. The number of furan rings is 1. The van der Waals surface area contributed by atoms with E-state index in [1.165, 1.54) is 0 Å². The number of aryl methyl sites for hydroxylation is 1. The van der Waals surface area contributed by atoms with Gasteiger partial charge in [-0.2, -0.15) is 0 Å². The molecule has 2 N–H and O–H groups in total. The number of fused-ring (bicyclic) bond motifs is 1. The molecule has 0 radical (unpaired) electrons. The van der Waals surface area contributed by atoms with E-state index < -0.39 is 6.10 Å². The molecular formula is C26H27ClN4O4. The van der Waals surface area contributed by atoms with Crippen molar-refractivity contribution in [3.63, 3.8) is 0 Å². The lowest BCUT2D eigenvalue weighted by molar-refractivity contribution is -0.120. The highest BCUT2D eigenvalue weighted by Crippen LogP contribution is 2.19. The summed E-state index contributed by atoms with van der Waals surface area (Å²) in [5.74, 6) is 0.344. The van der Waals surface area contributed by atoms with Gasteiger partial charge in [-0.1, -0.05) is 29.8 Å². The largest absolute Gasteiger partial charge is 0.443 e. The van der Waals surface area contributed by atoms with Gasteiger partial charge in [0.25, 0.3) is 0 Å². The maximum atomic E-state index is 13.1. The summed E-state index contributed by atoms with van der Waals surface area (Å²) in [5.41, 5.74) is 2.11. The molecule has 0 aliphatic rings. The number of nitrogens with zero attached hydrogens (tertiary/aromatic N) is 3. The number of rotatable bonds is 9. The Morgan fingerprint density at radius 2 is 2.03 bits per heavy atom. The minimum atomic E-state index is -0.741. The third kappa shape index (κ3) is 6.16. The Bertz CT molecular complexity index is 1370. The first kappa shape index (κ1) is 24.7. The van der Waals surface area contributed by atoms with Crippen LogP contribution in [0.15, 0.2) is 70.1 Å². The van der Waals surface area contributed by atoms with Crippen molar-refractivity contribution < 1.29 is 14.3 Å². The summed E-state index contributed by atoms with van der Waals surface area (Å²) >= 11 is 5.89. The van der Waals surface area contributed by atoms with E-state index in [1.807, 2.05) is 30.1 Å². The standard InChI is InChI=1S/C26H27ClN4O4/c1-30(16-23(32)22-5-3-4-10-28-22)15-20-12-21-25(34)18(14-31(2)26(21)35-20)11-24(33)29-13-17-6-8-19(27)9-7-17/h3-10,12,14,23,32H,11,13,15-16H2,1-2H3,(H,29,33). The highest BCUT2D eigenvalue weighted by molar-refractivity contribution is 6.30.